The molecular formula is C9H13NNaO3. The molecule has 4 nitrogen and oxygen atoms in total. The van der Waals surface area contributed by atoms with Gasteiger partial charge in [0, 0.05) is 0 Å². The van der Waals surface area contributed by atoms with Crippen molar-refractivity contribution in [1.29, 1.82) is 0 Å². The summed E-state index contributed by atoms with van der Waals surface area (Å²) in [7, 11) is 0. The fourth-order valence-corrected chi connectivity index (χ4v) is 1.73. The third kappa shape index (κ3) is 2.04. The maximum Gasteiger partial charge on any atom is 1.00 e. The SMILES string of the molecule is CC1(C)C=C(C(=O)[O-])C(C)(C)N1[O].[Na+]. The number of carboxylic acid groups (broad SMARTS) is 1. The van der Waals surface area contributed by atoms with E-state index in [0.717, 1.165) is 5.06 Å². The Kier molecular flexibility index (Phi) is 3.98. The van der Waals surface area contributed by atoms with E-state index in [1.807, 2.05) is 0 Å². The maximum absolute atomic E-state index is 11.6. The molecule has 0 bridgehead atoms. The molecule has 0 atom stereocenters. The predicted octanol–water partition coefficient (Wildman–Crippen LogP) is -3.11. The summed E-state index contributed by atoms with van der Waals surface area (Å²) >= 11 is 0. The van der Waals surface area contributed by atoms with E-state index in [1.54, 1.807) is 27.7 Å². The summed E-state index contributed by atoms with van der Waals surface area (Å²) in [5.74, 6) is -1.27. The Bertz CT molecular complexity index is 284. The minimum atomic E-state index is -1.27. The summed E-state index contributed by atoms with van der Waals surface area (Å²) in [6.07, 6.45) is 1.45. The van der Waals surface area contributed by atoms with E-state index in [-0.39, 0.29) is 35.1 Å². The molecule has 1 aliphatic rings. The molecule has 0 amide bonds. The van der Waals surface area contributed by atoms with Crippen LogP contribution in [0.2, 0.25) is 0 Å². The number of nitrogens with zero attached hydrogens (tertiary/aromatic N) is 1. The zero-order chi connectivity index (χ0) is 10.4. The Labute approximate surface area is 106 Å². The van der Waals surface area contributed by atoms with Crippen LogP contribution in [0.1, 0.15) is 27.7 Å². The minimum Gasteiger partial charge on any atom is -0.545 e. The van der Waals surface area contributed by atoms with Gasteiger partial charge >= 0.3 is 29.6 Å². The smallest absolute Gasteiger partial charge is 0.545 e. The number of aliphatic carboxylic acids is 1. The summed E-state index contributed by atoms with van der Waals surface area (Å²) < 4.78 is 0. The fraction of sp³-hybridized carbons (Fsp3) is 0.667. The molecule has 0 saturated heterocycles. The van der Waals surface area contributed by atoms with E-state index < -0.39 is 17.0 Å². The standard InChI is InChI=1S/C9H14NO3.Na/c1-8(2)5-6(7(11)12)9(3,4)10(8)13;/h5H,1-4H3,(H,11,12);/q;+1/p-1. The topological polar surface area (TPSA) is 63.3 Å². The van der Waals surface area contributed by atoms with Crippen molar-refractivity contribution in [2.24, 2.45) is 0 Å². The first-order chi connectivity index (χ1) is 5.69. The number of rotatable bonds is 1. The third-order valence-corrected chi connectivity index (χ3v) is 2.41. The van der Waals surface area contributed by atoms with Gasteiger partial charge in [0.25, 0.3) is 0 Å². The summed E-state index contributed by atoms with van der Waals surface area (Å²) in [6.45, 7) is 6.52. The molecule has 1 aliphatic heterocycles. The number of carboxylic acids is 1. The number of carbonyl (C=O) groups is 1. The van der Waals surface area contributed by atoms with Gasteiger partial charge in [-0.3, -0.25) is 0 Å². The number of hydrogen-bond acceptors (Lipinski definition) is 3. The maximum atomic E-state index is 11.6. The normalized spacial score (nSPS) is 23.9. The van der Waals surface area contributed by atoms with Crippen molar-refractivity contribution in [3.8, 4) is 0 Å². The second-order valence-corrected chi connectivity index (χ2v) is 4.35. The quantitative estimate of drug-likeness (QED) is 0.426. The molecule has 0 aromatic carbocycles. The van der Waals surface area contributed by atoms with Crippen molar-refractivity contribution in [2.75, 3.05) is 0 Å². The van der Waals surface area contributed by atoms with E-state index in [4.69, 9.17) is 0 Å². The zero-order valence-electron chi connectivity index (χ0n) is 9.25. The summed E-state index contributed by atoms with van der Waals surface area (Å²) in [6, 6.07) is 0. The Morgan fingerprint density at radius 2 is 1.79 bits per heavy atom. The van der Waals surface area contributed by atoms with E-state index in [2.05, 4.69) is 0 Å². The summed E-state index contributed by atoms with van der Waals surface area (Å²) in [5.41, 5.74) is -1.70. The second-order valence-electron chi connectivity index (χ2n) is 4.35. The average molecular weight is 206 g/mol. The van der Waals surface area contributed by atoms with Crippen LogP contribution in [0.4, 0.5) is 0 Å². The van der Waals surface area contributed by atoms with Crippen LogP contribution < -0.4 is 34.7 Å². The van der Waals surface area contributed by atoms with Crippen molar-refractivity contribution < 1.29 is 44.7 Å². The Morgan fingerprint density at radius 3 is 1.93 bits per heavy atom. The van der Waals surface area contributed by atoms with Gasteiger partial charge in [-0.25, -0.2) is 0 Å². The molecule has 0 saturated carbocycles. The van der Waals surface area contributed by atoms with Crippen LogP contribution in [0.3, 0.4) is 0 Å². The molecular weight excluding hydrogens is 193 g/mol. The molecule has 5 heteroatoms. The molecule has 1 rings (SSSR count). The number of hydrogen-bond donors (Lipinski definition) is 0. The van der Waals surface area contributed by atoms with Gasteiger partial charge in [0.05, 0.1) is 17.0 Å². The molecule has 0 unspecified atom stereocenters. The molecule has 0 N–H and O–H groups in total. The van der Waals surface area contributed by atoms with Crippen molar-refractivity contribution in [3.05, 3.63) is 11.6 Å². The van der Waals surface area contributed by atoms with E-state index in [0.29, 0.717) is 0 Å². The zero-order valence-corrected chi connectivity index (χ0v) is 11.2. The molecule has 0 fully saturated rings. The van der Waals surface area contributed by atoms with Gasteiger partial charge in [-0.15, -0.1) is 10.3 Å². The molecule has 0 aromatic rings. The van der Waals surface area contributed by atoms with E-state index in [1.165, 1.54) is 6.08 Å². The fourth-order valence-electron chi connectivity index (χ4n) is 1.73. The van der Waals surface area contributed by atoms with Gasteiger partial charge in [0.15, 0.2) is 0 Å². The van der Waals surface area contributed by atoms with Gasteiger partial charge in [0.2, 0.25) is 0 Å². The molecule has 1 radical (unpaired) electrons. The molecule has 0 aliphatic carbocycles. The van der Waals surface area contributed by atoms with Crippen molar-refractivity contribution in [2.45, 2.75) is 38.8 Å². The van der Waals surface area contributed by atoms with Crippen molar-refractivity contribution in [1.82, 2.24) is 5.06 Å². The molecule has 1 heterocycles. The van der Waals surface area contributed by atoms with Crippen LogP contribution >= 0.6 is 0 Å². The molecule has 0 aromatic heterocycles. The van der Waals surface area contributed by atoms with Crippen LogP contribution in [-0.2, 0) is 10.0 Å². The second kappa shape index (κ2) is 3.94. The molecule has 14 heavy (non-hydrogen) atoms. The summed E-state index contributed by atoms with van der Waals surface area (Å²) in [5, 5.41) is 23.1. The van der Waals surface area contributed by atoms with Crippen molar-refractivity contribution >= 4 is 5.97 Å². The third-order valence-electron chi connectivity index (χ3n) is 2.41. The van der Waals surface area contributed by atoms with E-state index in [9.17, 15) is 15.1 Å². The van der Waals surface area contributed by atoms with Crippen LogP contribution in [0.5, 0.6) is 0 Å². The molecule has 0 spiro atoms. The first kappa shape index (κ1) is 14.1. The van der Waals surface area contributed by atoms with Crippen LogP contribution in [0.25, 0.3) is 0 Å². The average Bonchev–Trinajstić information content (AvgIpc) is 2.11. The number of carbonyl (C=O) groups excluding carboxylic acids is 1. The van der Waals surface area contributed by atoms with Crippen LogP contribution in [0, 0.1) is 0 Å². The summed E-state index contributed by atoms with van der Waals surface area (Å²) in [4.78, 5) is 10.7. The van der Waals surface area contributed by atoms with Gasteiger partial charge in [-0.05, 0) is 33.3 Å². The Balaban J connectivity index is 0.00000169. The number of hydroxylamine groups is 2. The predicted molar refractivity (Wildman–Crippen MR) is 43.8 cm³/mol. The van der Waals surface area contributed by atoms with Gasteiger partial charge in [-0.1, -0.05) is 6.08 Å². The molecule has 73 valence electrons. The minimum absolute atomic E-state index is 0. The van der Waals surface area contributed by atoms with Crippen molar-refractivity contribution in [3.63, 3.8) is 0 Å². The Hall–Kier alpha value is 0.130. The first-order valence-corrected chi connectivity index (χ1v) is 4.12. The van der Waals surface area contributed by atoms with Gasteiger partial charge in [0.1, 0.15) is 0 Å². The monoisotopic (exact) mass is 206 g/mol. The Morgan fingerprint density at radius 1 is 1.36 bits per heavy atom. The van der Waals surface area contributed by atoms with Crippen LogP contribution in [0.15, 0.2) is 11.6 Å². The van der Waals surface area contributed by atoms with Gasteiger partial charge < -0.3 is 9.90 Å². The van der Waals surface area contributed by atoms with E-state index >= 15 is 0 Å². The first-order valence-electron chi connectivity index (χ1n) is 4.12. The van der Waals surface area contributed by atoms with Crippen LogP contribution in [-0.4, -0.2) is 22.1 Å². The largest absolute Gasteiger partial charge is 1.00 e. The van der Waals surface area contributed by atoms with Gasteiger partial charge in [-0.2, -0.15) is 0 Å².